The molecule has 5 amide bonds. The third-order valence-electron chi connectivity index (χ3n) is 2.30. The van der Waals surface area contributed by atoms with Crippen molar-refractivity contribution in [1.29, 1.82) is 0 Å². The van der Waals surface area contributed by atoms with Crippen LogP contribution in [0.3, 0.4) is 0 Å². The number of nitrogens with zero attached hydrogens (tertiary/aromatic N) is 1. The van der Waals surface area contributed by atoms with Gasteiger partial charge in [-0.3, -0.25) is 24.6 Å². The van der Waals surface area contributed by atoms with E-state index in [1.54, 1.807) is 13.8 Å². The molecule has 7 heteroatoms. The predicted molar refractivity (Wildman–Crippen MR) is 53.1 cm³/mol. The van der Waals surface area contributed by atoms with E-state index in [2.05, 4.69) is 5.32 Å². The molecule has 0 aromatic carbocycles. The Balaban J connectivity index is 2.82. The Kier molecular flexibility index (Phi) is 2.97. The molecule has 1 heterocycles. The topological polar surface area (TPSA) is 95.6 Å². The van der Waals surface area contributed by atoms with Crippen LogP contribution in [0.15, 0.2) is 0 Å². The molecule has 0 saturated carbocycles. The van der Waals surface area contributed by atoms with Crippen molar-refractivity contribution in [2.24, 2.45) is 5.41 Å². The third kappa shape index (κ3) is 2.02. The van der Waals surface area contributed by atoms with Gasteiger partial charge in [0.05, 0.1) is 5.41 Å². The highest BCUT2D eigenvalue weighted by Gasteiger charge is 2.41. The van der Waals surface area contributed by atoms with Gasteiger partial charge in [-0.2, -0.15) is 0 Å². The number of hydrogen-bond acceptors (Lipinski definition) is 4. The minimum atomic E-state index is -0.960. The van der Waals surface area contributed by atoms with Crippen LogP contribution in [0.2, 0.25) is 0 Å². The molecule has 1 fully saturated rings. The Morgan fingerprint density at radius 3 is 2.31 bits per heavy atom. The van der Waals surface area contributed by atoms with Crippen LogP contribution in [0.1, 0.15) is 13.8 Å². The summed E-state index contributed by atoms with van der Waals surface area (Å²) in [4.78, 5) is 45.6. The molecule has 7 nitrogen and oxygen atoms in total. The Bertz CT molecular complexity index is 375. The van der Waals surface area contributed by atoms with Gasteiger partial charge in [0.15, 0.2) is 0 Å². The lowest BCUT2D eigenvalue weighted by atomic mass is 9.91. The molecule has 0 aromatic rings. The molecule has 2 N–H and O–H groups in total. The van der Waals surface area contributed by atoms with Gasteiger partial charge in [0.2, 0.25) is 5.91 Å². The van der Waals surface area contributed by atoms with Crippen molar-refractivity contribution in [3.05, 3.63) is 0 Å². The molecule has 16 heavy (non-hydrogen) atoms. The maximum atomic E-state index is 11.5. The van der Waals surface area contributed by atoms with Crippen LogP contribution in [-0.2, 0) is 14.4 Å². The van der Waals surface area contributed by atoms with Gasteiger partial charge >= 0.3 is 17.8 Å². The summed E-state index contributed by atoms with van der Waals surface area (Å²) in [7, 11) is 1.46. The van der Waals surface area contributed by atoms with E-state index in [0.717, 1.165) is 4.90 Å². The molecule has 0 spiro atoms. The number of nitrogens with one attached hydrogen (secondary N) is 2. The van der Waals surface area contributed by atoms with Crippen molar-refractivity contribution in [2.75, 3.05) is 13.6 Å². The second-order valence-electron chi connectivity index (χ2n) is 4.11. The summed E-state index contributed by atoms with van der Waals surface area (Å²) in [5.74, 6) is -2.20. The first-order valence-electron chi connectivity index (χ1n) is 4.68. The number of urea groups is 1. The summed E-state index contributed by atoms with van der Waals surface area (Å²) in [5.41, 5.74) is -0.938. The fourth-order valence-corrected chi connectivity index (χ4v) is 1.38. The third-order valence-corrected chi connectivity index (χ3v) is 2.30. The Labute approximate surface area is 92.2 Å². The molecular weight excluding hydrogens is 214 g/mol. The van der Waals surface area contributed by atoms with Gasteiger partial charge in [-0.25, -0.2) is 4.79 Å². The number of rotatable bonds is 3. The molecule has 88 valence electrons. The predicted octanol–water partition coefficient (Wildman–Crippen LogP) is -1.16. The first-order valence-corrected chi connectivity index (χ1v) is 4.68. The maximum absolute atomic E-state index is 11.5. The first-order chi connectivity index (χ1) is 7.29. The lowest BCUT2D eigenvalue weighted by molar-refractivity contribution is -0.141. The van der Waals surface area contributed by atoms with Crippen LogP contribution in [0.25, 0.3) is 0 Å². The molecule has 0 aliphatic carbocycles. The van der Waals surface area contributed by atoms with Crippen LogP contribution in [0, 0.1) is 5.41 Å². The van der Waals surface area contributed by atoms with E-state index in [4.69, 9.17) is 0 Å². The molecule has 1 rings (SSSR count). The van der Waals surface area contributed by atoms with E-state index < -0.39 is 23.3 Å². The number of hydrogen-bond donors (Lipinski definition) is 2. The monoisotopic (exact) mass is 227 g/mol. The fraction of sp³-hybridized carbons (Fsp3) is 0.556. The zero-order valence-electron chi connectivity index (χ0n) is 9.29. The summed E-state index contributed by atoms with van der Waals surface area (Å²) in [5, 5.41) is 4.29. The van der Waals surface area contributed by atoms with Crippen molar-refractivity contribution >= 4 is 23.8 Å². The molecule has 0 atom stereocenters. The quantitative estimate of drug-likeness (QED) is 0.469. The fourth-order valence-electron chi connectivity index (χ4n) is 1.38. The van der Waals surface area contributed by atoms with Crippen molar-refractivity contribution in [3.63, 3.8) is 0 Å². The van der Waals surface area contributed by atoms with Gasteiger partial charge in [-0.15, -0.1) is 0 Å². The summed E-state index contributed by atoms with van der Waals surface area (Å²) < 4.78 is 0. The van der Waals surface area contributed by atoms with E-state index in [9.17, 15) is 19.2 Å². The van der Waals surface area contributed by atoms with Gasteiger partial charge in [-0.05, 0) is 13.8 Å². The molecule has 0 radical (unpaired) electrons. The van der Waals surface area contributed by atoms with E-state index in [1.165, 1.54) is 7.05 Å². The van der Waals surface area contributed by atoms with Crippen molar-refractivity contribution in [2.45, 2.75) is 13.8 Å². The summed E-state index contributed by atoms with van der Waals surface area (Å²) in [6.45, 7) is 3.02. The second kappa shape index (κ2) is 3.92. The average molecular weight is 227 g/mol. The minimum absolute atomic E-state index is 0.136. The van der Waals surface area contributed by atoms with E-state index in [-0.39, 0.29) is 12.5 Å². The number of carbonyl (C=O) groups excluding carboxylic acids is 4. The Morgan fingerprint density at radius 2 is 1.94 bits per heavy atom. The van der Waals surface area contributed by atoms with E-state index >= 15 is 0 Å². The van der Waals surface area contributed by atoms with Crippen LogP contribution in [0.5, 0.6) is 0 Å². The smallest absolute Gasteiger partial charge is 0.331 e. The summed E-state index contributed by atoms with van der Waals surface area (Å²) >= 11 is 0. The lowest BCUT2D eigenvalue weighted by Gasteiger charge is -2.26. The van der Waals surface area contributed by atoms with Crippen LogP contribution >= 0.6 is 0 Å². The SMILES string of the molecule is CNC(=O)C(C)(C)CN1C(=O)NC(=O)C1=O. The Morgan fingerprint density at radius 1 is 1.38 bits per heavy atom. The molecule has 0 aromatic heterocycles. The molecule has 1 saturated heterocycles. The van der Waals surface area contributed by atoms with Crippen molar-refractivity contribution in [3.8, 4) is 0 Å². The average Bonchev–Trinajstić information content (AvgIpc) is 2.43. The van der Waals surface area contributed by atoms with Crippen molar-refractivity contribution < 1.29 is 19.2 Å². The number of amides is 5. The van der Waals surface area contributed by atoms with E-state index in [1.807, 2.05) is 5.32 Å². The highest BCUT2D eigenvalue weighted by Crippen LogP contribution is 2.18. The Hall–Kier alpha value is -1.92. The molecular formula is C9H13N3O4. The normalized spacial score (nSPS) is 16.4. The first kappa shape index (κ1) is 12.2. The summed E-state index contributed by atoms with van der Waals surface area (Å²) in [6.07, 6.45) is 0. The maximum Gasteiger partial charge on any atom is 0.331 e. The van der Waals surface area contributed by atoms with Gasteiger partial charge < -0.3 is 5.32 Å². The highest BCUT2D eigenvalue weighted by molar-refractivity contribution is 6.44. The van der Waals surface area contributed by atoms with E-state index in [0.29, 0.717) is 0 Å². The standard InChI is InChI=1S/C9H13N3O4/c1-9(2,7(15)10-3)4-12-6(14)5(13)11-8(12)16/h4H2,1-3H3,(H,10,15)(H,11,13,16). The van der Waals surface area contributed by atoms with Crippen LogP contribution in [-0.4, -0.2) is 42.2 Å². The summed E-state index contributed by atoms with van der Waals surface area (Å²) in [6, 6.07) is -0.785. The van der Waals surface area contributed by atoms with Gasteiger partial charge in [-0.1, -0.05) is 0 Å². The largest absolute Gasteiger partial charge is 0.359 e. The lowest BCUT2D eigenvalue weighted by Crippen LogP contribution is -2.46. The molecule has 0 bridgehead atoms. The molecule has 0 unspecified atom stereocenters. The number of carbonyl (C=O) groups is 4. The second-order valence-corrected chi connectivity index (χ2v) is 4.11. The number of imide groups is 2. The zero-order chi connectivity index (χ0) is 12.5. The van der Waals surface area contributed by atoms with Crippen molar-refractivity contribution in [1.82, 2.24) is 15.5 Å². The minimum Gasteiger partial charge on any atom is -0.359 e. The van der Waals surface area contributed by atoms with Gasteiger partial charge in [0, 0.05) is 13.6 Å². The molecule has 1 aliphatic rings. The van der Waals surface area contributed by atoms with Crippen LogP contribution < -0.4 is 10.6 Å². The highest BCUT2D eigenvalue weighted by atomic mass is 16.2. The zero-order valence-corrected chi connectivity index (χ0v) is 9.29. The van der Waals surface area contributed by atoms with Gasteiger partial charge in [0.25, 0.3) is 0 Å². The molecule has 1 aliphatic heterocycles. The van der Waals surface area contributed by atoms with Gasteiger partial charge in [0.1, 0.15) is 0 Å². The van der Waals surface area contributed by atoms with Crippen LogP contribution in [0.4, 0.5) is 4.79 Å².